The number of nitrogens with zero attached hydrogens (tertiary/aromatic N) is 5. The van der Waals surface area contributed by atoms with Crippen molar-refractivity contribution in [1.29, 1.82) is 0 Å². The number of carbonyl (C=O) groups excluding carboxylic acids is 1. The maximum Gasteiger partial charge on any atom is 0.276 e. The summed E-state index contributed by atoms with van der Waals surface area (Å²) < 4.78 is 6.20. The highest BCUT2D eigenvalue weighted by molar-refractivity contribution is 5.79. The summed E-state index contributed by atoms with van der Waals surface area (Å²) in [6.07, 6.45) is 3.60. The van der Waals surface area contributed by atoms with Crippen molar-refractivity contribution < 1.29 is 9.42 Å². The lowest BCUT2D eigenvalue weighted by atomic mass is 9.98. The molecule has 3 aromatic rings. The average molecular weight is 384 g/mol. The zero-order chi connectivity index (χ0) is 19.8. The molecule has 9 heteroatoms. The summed E-state index contributed by atoms with van der Waals surface area (Å²) in [4.78, 5) is 32.1. The molecule has 3 aromatic heterocycles. The van der Waals surface area contributed by atoms with Crippen LogP contribution in [0.3, 0.4) is 0 Å². The number of amides is 1. The molecule has 9 nitrogen and oxygen atoms in total. The first kappa shape index (κ1) is 18.4. The van der Waals surface area contributed by atoms with Crippen molar-refractivity contribution in [3.8, 4) is 0 Å². The van der Waals surface area contributed by atoms with Gasteiger partial charge in [0.2, 0.25) is 5.91 Å². The van der Waals surface area contributed by atoms with Crippen LogP contribution in [-0.2, 0) is 17.6 Å². The molecule has 0 spiro atoms. The van der Waals surface area contributed by atoms with E-state index in [1.807, 2.05) is 24.8 Å². The molecule has 1 aliphatic rings. The monoisotopic (exact) mass is 384 g/mol. The summed E-state index contributed by atoms with van der Waals surface area (Å²) in [5.74, 6) is -0.0205. The predicted molar refractivity (Wildman–Crippen MR) is 101 cm³/mol. The van der Waals surface area contributed by atoms with E-state index in [-0.39, 0.29) is 23.9 Å². The number of rotatable bonds is 4. The van der Waals surface area contributed by atoms with Gasteiger partial charge in [-0.3, -0.25) is 14.7 Å². The molecule has 0 aromatic carbocycles. The van der Waals surface area contributed by atoms with Crippen molar-refractivity contribution in [3.63, 3.8) is 0 Å². The summed E-state index contributed by atoms with van der Waals surface area (Å²) in [6.45, 7) is 6.25. The third-order valence-electron chi connectivity index (χ3n) is 5.54. The fourth-order valence-corrected chi connectivity index (χ4v) is 3.97. The molecule has 4 rings (SSSR count). The van der Waals surface area contributed by atoms with Crippen molar-refractivity contribution in [2.75, 3.05) is 6.54 Å². The van der Waals surface area contributed by atoms with E-state index in [1.54, 1.807) is 6.92 Å². The highest BCUT2D eigenvalue weighted by Crippen LogP contribution is 2.31. The van der Waals surface area contributed by atoms with Gasteiger partial charge in [0.25, 0.3) is 5.56 Å². The minimum absolute atomic E-state index is 0.0205. The average Bonchev–Trinajstić information content (AvgIpc) is 3.28. The molecule has 1 unspecified atom stereocenters. The van der Waals surface area contributed by atoms with Crippen LogP contribution in [0.15, 0.2) is 15.5 Å². The normalized spacial score (nSPS) is 17.4. The van der Waals surface area contributed by atoms with Gasteiger partial charge >= 0.3 is 0 Å². The number of nitrogens with one attached hydrogen (secondary N) is 1. The van der Waals surface area contributed by atoms with Gasteiger partial charge in [-0.15, -0.1) is 0 Å². The minimum Gasteiger partial charge on any atom is -0.334 e. The number of likely N-dealkylation sites (tertiary alicyclic amines) is 1. The van der Waals surface area contributed by atoms with Crippen LogP contribution in [0.25, 0.3) is 5.65 Å². The highest BCUT2D eigenvalue weighted by Gasteiger charge is 2.30. The van der Waals surface area contributed by atoms with Crippen molar-refractivity contribution >= 4 is 11.6 Å². The van der Waals surface area contributed by atoms with Gasteiger partial charge in [-0.2, -0.15) is 0 Å². The second kappa shape index (κ2) is 7.21. The third kappa shape index (κ3) is 3.10. The van der Waals surface area contributed by atoms with Gasteiger partial charge < -0.3 is 4.90 Å². The van der Waals surface area contributed by atoms with Gasteiger partial charge in [0.1, 0.15) is 11.4 Å². The highest BCUT2D eigenvalue weighted by atomic mass is 16.6. The fourth-order valence-electron chi connectivity index (χ4n) is 3.97. The molecule has 1 aliphatic heterocycles. The van der Waals surface area contributed by atoms with E-state index in [1.165, 1.54) is 4.52 Å². The van der Waals surface area contributed by atoms with Crippen LogP contribution in [0, 0.1) is 13.8 Å². The summed E-state index contributed by atoms with van der Waals surface area (Å²) in [5, 5.41) is 10.8. The molecule has 0 aliphatic carbocycles. The Kier molecular flexibility index (Phi) is 4.74. The van der Waals surface area contributed by atoms with Crippen LogP contribution >= 0.6 is 0 Å². The molecule has 28 heavy (non-hydrogen) atoms. The molecule has 1 fully saturated rings. The Morgan fingerprint density at radius 1 is 1.29 bits per heavy atom. The van der Waals surface area contributed by atoms with Gasteiger partial charge in [-0.25, -0.2) is 14.1 Å². The standard InChI is InChI=1S/C19H24N6O3/c1-4-13-11(2)20-17-9-15(21-25(17)19(13)27)16-7-5-6-8-24(16)18(26)10-14-12(3)22-28-23-14/h9,16,21H,4-8,10H2,1-3H3. The summed E-state index contributed by atoms with van der Waals surface area (Å²) in [6, 6.07) is 1.76. The number of hydrogen-bond acceptors (Lipinski definition) is 6. The minimum atomic E-state index is -0.118. The van der Waals surface area contributed by atoms with E-state index in [0.717, 1.165) is 30.7 Å². The number of carbonyl (C=O) groups is 1. The van der Waals surface area contributed by atoms with Gasteiger partial charge in [0.15, 0.2) is 5.65 Å². The van der Waals surface area contributed by atoms with Crippen LogP contribution in [0.1, 0.15) is 60.6 Å². The summed E-state index contributed by atoms with van der Waals surface area (Å²) in [7, 11) is 0. The molecule has 0 bridgehead atoms. The molecule has 0 saturated carbocycles. The van der Waals surface area contributed by atoms with Gasteiger partial charge in [-0.1, -0.05) is 17.2 Å². The Bertz CT molecular complexity index is 1080. The number of piperidine rings is 1. The molecule has 148 valence electrons. The van der Waals surface area contributed by atoms with E-state index in [4.69, 9.17) is 4.63 Å². The van der Waals surface area contributed by atoms with E-state index >= 15 is 0 Å². The predicted octanol–water partition coefficient (Wildman–Crippen LogP) is 1.88. The van der Waals surface area contributed by atoms with Crippen molar-refractivity contribution in [2.24, 2.45) is 0 Å². The number of aromatic nitrogens is 5. The van der Waals surface area contributed by atoms with Crippen molar-refractivity contribution in [1.82, 2.24) is 29.8 Å². The number of aryl methyl sites for hydroxylation is 2. The van der Waals surface area contributed by atoms with Crippen LogP contribution in [-0.4, -0.2) is 42.3 Å². The van der Waals surface area contributed by atoms with Crippen molar-refractivity contribution in [2.45, 2.75) is 58.9 Å². The first-order valence-corrected chi connectivity index (χ1v) is 9.68. The lowest BCUT2D eigenvalue weighted by molar-refractivity contribution is -0.134. The van der Waals surface area contributed by atoms with Crippen LogP contribution in [0.5, 0.6) is 0 Å². The Balaban J connectivity index is 1.68. The zero-order valence-electron chi connectivity index (χ0n) is 16.4. The Labute approximate surface area is 161 Å². The molecule has 0 radical (unpaired) electrons. The quantitative estimate of drug-likeness (QED) is 0.735. The Morgan fingerprint density at radius 2 is 2.11 bits per heavy atom. The van der Waals surface area contributed by atoms with Crippen LogP contribution in [0.4, 0.5) is 0 Å². The fraction of sp³-hybridized carbons (Fsp3) is 0.526. The topological polar surface area (TPSA) is 109 Å². The van der Waals surface area contributed by atoms with E-state index < -0.39 is 0 Å². The summed E-state index contributed by atoms with van der Waals surface area (Å²) in [5.41, 5.74) is 4.00. The molecular formula is C19H24N6O3. The molecule has 1 atom stereocenters. The lowest BCUT2D eigenvalue weighted by Crippen LogP contribution is -2.39. The maximum atomic E-state index is 13.0. The molecule has 1 amide bonds. The zero-order valence-corrected chi connectivity index (χ0v) is 16.4. The van der Waals surface area contributed by atoms with Gasteiger partial charge in [-0.05, 0) is 39.5 Å². The first-order chi connectivity index (χ1) is 13.5. The van der Waals surface area contributed by atoms with E-state index in [0.29, 0.717) is 35.6 Å². The maximum absolute atomic E-state index is 13.0. The van der Waals surface area contributed by atoms with Gasteiger partial charge in [0.05, 0.1) is 18.2 Å². The Hall–Kier alpha value is -2.97. The largest absolute Gasteiger partial charge is 0.334 e. The van der Waals surface area contributed by atoms with Gasteiger partial charge in [0, 0.05) is 23.9 Å². The van der Waals surface area contributed by atoms with E-state index in [2.05, 4.69) is 20.4 Å². The second-order valence-electron chi connectivity index (χ2n) is 7.31. The first-order valence-electron chi connectivity index (χ1n) is 9.68. The third-order valence-corrected chi connectivity index (χ3v) is 5.54. The summed E-state index contributed by atoms with van der Waals surface area (Å²) >= 11 is 0. The Morgan fingerprint density at radius 3 is 2.82 bits per heavy atom. The number of hydrogen-bond donors (Lipinski definition) is 1. The lowest BCUT2D eigenvalue weighted by Gasteiger charge is -2.35. The SMILES string of the molecule is CCc1c(C)nc2cc(C3CCCCN3C(=O)Cc3nonc3C)[nH]n2c1=O. The molecule has 1 N–H and O–H groups in total. The van der Waals surface area contributed by atoms with Crippen molar-refractivity contribution in [3.05, 3.63) is 44.8 Å². The number of fused-ring (bicyclic) bond motifs is 1. The molecule has 4 heterocycles. The number of aromatic amines is 1. The van der Waals surface area contributed by atoms with Crippen LogP contribution < -0.4 is 5.56 Å². The molecular weight excluding hydrogens is 360 g/mol. The number of H-pyrrole nitrogens is 1. The second-order valence-corrected chi connectivity index (χ2v) is 7.31. The smallest absolute Gasteiger partial charge is 0.276 e. The van der Waals surface area contributed by atoms with Crippen LogP contribution in [0.2, 0.25) is 0 Å². The van der Waals surface area contributed by atoms with E-state index in [9.17, 15) is 9.59 Å². The molecule has 1 saturated heterocycles.